The van der Waals surface area contributed by atoms with Crippen molar-refractivity contribution in [1.82, 2.24) is 4.90 Å². The van der Waals surface area contributed by atoms with Crippen molar-refractivity contribution >= 4 is 0 Å². The van der Waals surface area contributed by atoms with Gasteiger partial charge in [-0.1, -0.05) is 24.0 Å². The Morgan fingerprint density at radius 2 is 1.95 bits per heavy atom. The number of aliphatic hydroxyl groups is 1. The van der Waals surface area contributed by atoms with Gasteiger partial charge < -0.3 is 5.11 Å². The van der Waals surface area contributed by atoms with E-state index in [2.05, 4.69) is 11.8 Å². The average Bonchev–Trinajstić information content (AvgIpc) is 2.46. The molecule has 21 heavy (non-hydrogen) atoms. The van der Waals surface area contributed by atoms with Crippen LogP contribution in [0.25, 0.3) is 0 Å². The average molecular weight is 297 g/mol. The zero-order valence-corrected chi connectivity index (χ0v) is 11.7. The Hall–Kier alpha value is -1.51. The molecular weight excluding hydrogens is 279 g/mol. The predicted molar refractivity (Wildman–Crippen MR) is 74.5 cm³/mol. The molecular formula is C16H18F3NO. The zero-order chi connectivity index (χ0) is 15.3. The minimum Gasteiger partial charge on any atom is -0.384 e. The van der Waals surface area contributed by atoms with Crippen LogP contribution in [-0.4, -0.2) is 35.9 Å². The normalized spacial score (nSPS) is 19.9. The molecule has 1 heterocycles. The highest BCUT2D eigenvalue weighted by atomic mass is 19.4. The first-order valence-electron chi connectivity index (χ1n) is 6.97. The van der Waals surface area contributed by atoms with Crippen molar-refractivity contribution in [2.24, 2.45) is 5.92 Å². The predicted octanol–water partition coefficient (Wildman–Crippen LogP) is 2.80. The SMILES string of the molecule is OCC#Cc1ccc(CN2CCCC(C(F)(F)F)C2)cc1. The maximum Gasteiger partial charge on any atom is 0.393 e. The van der Waals surface area contributed by atoms with E-state index in [0.717, 1.165) is 11.1 Å². The Kier molecular flexibility index (Phi) is 5.27. The molecule has 1 aliphatic heterocycles. The third-order valence-electron chi connectivity index (χ3n) is 3.64. The molecule has 0 aromatic heterocycles. The first-order chi connectivity index (χ1) is 9.99. The van der Waals surface area contributed by atoms with E-state index in [4.69, 9.17) is 5.11 Å². The Labute approximate surface area is 122 Å². The van der Waals surface area contributed by atoms with E-state index in [1.165, 1.54) is 0 Å². The Balaban J connectivity index is 1.95. The number of nitrogens with zero attached hydrogens (tertiary/aromatic N) is 1. The van der Waals surface area contributed by atoms with Crippen molar-refractivity contribution < 1.29 is 18.3 Å². The van der Waals surface area contributed by atoms with Crippen LogP contribution in [0, 0.1) is 17.8 Å². The van der Waals surface area contributed by atoms with Gasteiger partial charge in [-0.2, -0.15) is 13.2 Å². The first kappa shape index (κ1) is 15.9. The lowest BCUT2D eigenvalue weighted by molar-refractivity contribution is -0.187. The first-order valence-corrected chi connectivity index (χ1v) is 6.97. The van der Waals surface area contributed by atoms with Gasteiger partial charge >= 0.3 is 6.18 Å². The van der Waals surface area contributed by atoms with Gasteiger partial charge in [0, 0.05) is 18.7 Å². The molecule has 1 atom stereocenters. The van der Waals surface area contributed by atoms with Crippen LogP contribution in [0.2, 0.25) is 0 Å². The molecule has 114 valence electrons. The molecule has 0 amide bonds. The topological polar surface area (TPSA) is 23.5 Å². The molecule has 0 radical (unpaired) electrons. The van der Waals surface area contributed by atoms with Crippen molar-refractivity contribution in [1.29, 1.82) is 0 Å². The van der Waals surface area contributed by atoms with Gasteiger partial charge in [-0.15, -0.1) is 0 Å². The highest BCUT2D eigenvalue weighted by molar-refractivity contribution is 5.36. The molecule has 1 aliphatic rings. The van der Waals surface area contributed by atoms with Crippen LogP contribution in [0.1, 0.15) is 24.0 Å². The van der Waals surface area contributed by atoms with E-state index in [-0.39, 0.29) is 19.6 Å². The summed E-state index contributed by atoms with van der Waals surface area (Å²) in [6.07, 6.45) is -3.28. The van der Waals surface area contributed by atoms with E-state index >= 15 is 0 Å². The summed E-state index contributed by atoms with van der Waals surface area (Å²) < 4.78 is 38.3. The van der Waals surface area contributed by atoms with Gasteiger partial charge in [0.15, 0.2) is 0 Å². The number of hydrogen-bond acceptors (Lipinski definition) is 2. The van der Waals surface area contributed by atoms with Crippen LogP contribution >= 0.6 is 0 Å². The molecule has 0 bridgehead atoms. The highest BCUT2D eigenvalue weighted by Crippen LogP contribution is 2.33. The van der Waals surface area contributed by atoms with Crippen molar-refractivity contribution in [3.05, 3.63) is 35.4 Å². The number of rotatable bonds is 2. The largest absolute Gasteiger partial charge is 0.393 e. The van der Waals surface area contributed by atoms with Crippen LogP contribution < -0.4 is 0 Å². The van der Waals surface area contributed by atoms with Crippen LogP contribution in [0.4, 0.5) is 13.2 Å². The number of hydrogen-bond donors (Lipinski definition) is 1. The van der Waals surface area contributed by atoms with Crippen molar-refractivity contribution in [3.63, 3.8) is 0 Å². The fourth-order valence-electron chi connectivity index (χ4n) is 2.56. The van der Waals surface area contributed by atoms with Crippen molar-refractivity contribution in [2.75, 3.05) is 19.7 Å². The number of halogens is 3. The lowest BCUT2D eigenvalue weighted by Crippen LogP contribution is -2.41. The summed E-state index contributed by atoms with van der Waals surface area (Å²) >= 11 is 0. The molecule has 1 fully saturated rings. The summed E-state index contributed by atoms with van der Waals surface area (Å²) in [5.74, 6) is 4.14. The molecule has 5 heteroatoms. The maximum atomic E-state index is 12.8. The monoisotopic (exact) mass is 297 g/mol. The van der Waals surface area contributed by atoms with E-state index in [1.807, 2.05) is 29.2 Å². The van der Waals surface area contributed by atoms with Crippen LogP contribution in [0.5, 0.6) is 0 Å². The Morgan fingerprint density at radius 1 is 1.24 bits per heavy atom. The van der Waals surface area contributed by atoms with Gasteiger partial charge in [0.05, 0.1) is 5.92 Å². The number of benzene rings is 1. The summed E-state index contributed by atoms with van der Waals surface area (Å²) in [7, 11) is 0. The zero-order valence-electron chi connectivity index (χ0n) is 11.7. The standard InChI is InChI=1S/C16H18F3NO/c17-16(18,19)15-4-1-9-20(12-15)11-14-7-5-13(6-8-14)3-2-10-21/h5-8,15,21H,1,4,9-12H2. The third kappa shape index (κ3) is 4.76. The van der Waals surface area contributed by atoms with E-state index < -0.39 is 12.1 Å². The molecule has 1 unspecified atom stereocenters. The molecule has 1 aromatic carbocycles. The third-order valence-corrected chi connectivity index (χ3v) is 3.64. The lowest BCUT2D eigenvalue weighted by atomic mass is 9.97. The Morgan fingerprint density at radius 3 is 2.57 bits per heavy atom. The molecule has 2 nitrogen and oxygen atoms in total. The molecule has 0 spiro atoms. The van der Waals surface area contributed by atoms with Gasteiger partial charge in [-0.05, 0) is 37.1 Å². The number of alkyl halides is 3. The van der Waals surface area contributed by atoms with Crippen LogP contribution in [-0.2, 0) is 6.54 Å². The fourth-order valence-corrected chi connectivity index (χ4v) is 2.56. The molecule has 0 aliphatic carbocycles. The smallest absolute Gasteiger partial charge is 0.384 e. The second-order valence-electron chi connectivity index (χ2n) is 5.27. The van der Waals surface area contributed by atoms with Gasteiger partial charge in [0.1, 0.15) is 6.61 Å². The molecule has 1 N–H and O–H groups in total. The van der Waals surface area contributed by atoms with Crippen LogP contribution in [0.15, 0.2) is 24.3 Å². The molecule has 1 saturated heterocycles. The van der Waals surface area contributed by atoms with E-state index in [9.17, 15) is 13.2 Å². The van der Waals surface area contributed by atoms with Gasteiger partial charge in [-0.3, -0.25) is 4.90 Å². The van der Waals surface area contributed by atoms with Gasteiger partial charge in [0.2, 0.25) is 0 Å². The summed E-state index contributed by atoms with van der Waals surface area (Å²) in [5, 5.41) is 8.62. The second-order valence-corrected chi connectivity index (χ2v) is 5.27. The molecule has 2 rings (SSSR count). The van der Waals surface area contributed by atoms with Crippen LogP contribution in [0.3, 0.4) is 0 Å². The number of piperidine rings is 1. The number of aliphatic hydroxyl groups excluding tert-OH is 1. The fraction of sp³-hybridized carbons (Fsp3) is 0.500. The minimum atomic E-state index is -4.09. The second kappa shape index (κ2) is 6.97. The van der Waals surface area contributed by atoms with Gasteiger partial charge in [0.25, 0.3) is 0 Å². The quantitative estimate of drug-likeness (QED) is 0.849. The highest BCUT2D eigenvalue weighted by Gasteiger charge is 2.41. The maximum absolute atomic E-state index is 12.8. The Bertz CT molecular complexity index is 513. The molecule has 1 aromatic rings. The lowest BCUT2D eigenvalue weighted by Gasteiger charge is -2.33. The van der Waals surface area contributed by atoms with Crippen molar-refractivity contribution in [3.8, 4) is 11.8 Å². The summed E-state index contributed by atoms with van der Waals surface area (Å²) in [4.78, 5) is 1.86. The number of likely N-dealkylation sites (tertiary alicyclic amines) is 1. The minimum absolute atomic E-state index is 0.0789. The van der Waals surface area contributed by atoms with E-state index in [0.29, 0.717) is 19.5 Å². The van der Waals surface area contributed by atoms with Gasteiger partial charge in [-0.25, -0.2) is 0 Å². The summed E-state index contributed by atoms with van der Waals surface area (Å²) in [6, 6.07) is 7.39. The van der Waals surface area contributed by atoms with Crippen molar-refractivity contribution in [2.45, 2.75) is 25.6 Å². The summed E-state index contributed by atoms with van der Waals surface area (Å²) in [5.41, 5.74) is 1.77. The molecule has 0 saturated carbocycles. The summed E-state index contributed by atoms with van der Waals surface area (Å²) in [6.45, 7) is 1.13. The van der Waals surface area contributed by atoms with E-state index in [1.54, 1.807) is 0 Å².